The molecule has 0 aromatic carbocycles. The molecule has 1 fully saturated rings. The summed E-state index contributed by atoms with van der Waals surface area (Å²) in [5.74, 6) is 0.299. The van der Waals surface area contributed by atoms with Crippen molar-refractivity contribution < 1.29 is 9.47 Å². The summed E-state index contributed by atoms with van der Waals surface area (Å²) in [6.45, 7) is 2.55. The molecule has 0 unspecified atom stereocenters. The molecule has 0 radical (unpaired) electrons. The van der Waals surface area contributed by atoms with Gasteiger partial charge in [-0.3, -0.25) is 0 Å². The summed E-state index contributed by atoms with van der Waals surface area (Å²) in [7, 11) is 0. The van der Waals surface area contributed by atoms with Crippen LogP contribution in [0.2, 0.25) is 0 Å². The van der Waals surface area contributed by atoms with Crippen LogP contribution >= 0.6 is 11.5 Å². The minimum Gasteiger partial charge on any atom is -0.377 e. The van der Waals surface area contributed by atoms with Gasteiger partial charge in [-0.2, -0.15) is 9.36 Å². The van der Waals surface area contributed by atoms with Gasteiger partial charge < -0.3 is 20.5 Å². The molecule has 14 heavy (non-hydrogen) atoms. The van der Waals surface area contributed by atoms with E-state index >= 15 is 0 Å². The van der Waals surface area contributed by atoms with Crippen molar-refractivity contribution in [2.45, 2.75) is 6.04 Å². The van der Waals surface area contributed by atoms with E-state index in [2.05, 4.69) is 14.7 Å². The summed E-state index contributed by atoms with van der Waals surface area (Å²) in [6, 6.07) is 0.129. The maximum atomic E-state index is 5.40. The summed E-state index contributed by atoms with van der Waals surface area (Å²) in [5, 5.41) is 3.87. The van der Waals surface area contributed by atoms with Crippen LogP contribution in [0, 0.1) is 0 Å². The number of nitrogens with zero attached hydrogens (tertiary/aromatic N) is 2. The molecule has 0 bridgehead atoms. The number of hydrogen-bond donors (Lipinski definition) is 2. The van der Waals surface area contributed by atoms with E-state index in [1.54, 1.807) is 0 Å². The molecule has 0 saturated carbocycles. The van der Waals surface area contributed by atoms with E-state index < -0.39 is 0 Å². The zero-order chi connectivity index (χ0) is 9.80. The quantitative estimate of drug-likeness (QED) is 0.721. The lowest BCUT2D eigenvalue weighted by Gasteiger charge is -2.13. The van der Waals surface area contributed by atoms with Crippen LogP contribution in [0.25, 0.3) is 0 Å². The van der Waals surface area contributed by atoms with E-state index in [0.29, 0.717) is 37.5 Å². The largest absolute Gasteiger partial charge is 0.377 e. The van der Waals surface area contributed by atoms with Crippen LogP contribution in [-0.2, 0) is 9.47 Å². The monoisotopic (exact) mass is 216 g/mol. The predicted octanol–water partition coefficient (Wildman–Crippen LogP) is -0.0524. The van der Waals surface area contributed by atoms with Crippen molar-refractivity contribution in [2.75, 3.05) is 37.5 Å². The maximum Gasteiger partial charge on any atom is 0.233 e. The number of nitrogens with one attached hydrogen (secondary N) is 1. The van der Waals surface area contributed by atoms with E-state index in [-0.39, 0.29) is 6.04 Å². The zero-order valence-electron chi connectivity index (χ0n) is 7.60. The molecule has 6 nitrogen and oxygen atoms in total. The van der Waals surface area contributed by atoms with Gasteiger partial charge in [0.25, 0.3) is 0 Å². The van der Waals surface area contributed by atoms with E-state index in [0.717, 1.165) is 0 Å². The van der Waals surface area contributed by atoms with Gasteiger partial charge in [0.15, 0.2) is 0 Å². The molecule has 2 heterocycles. The van der Waals surface area contributed by atoms with Crippen LogP contribution in [-0.4, -0.2) is 41.8 Å². The third-order valence-corrected chi connectivity index (χ3v) is 2.44. The number of rotatable bonds is 2. The Labute approximate surface area is 85.6 Å². The number of nitrogens with two attached hydrogens (primary N) is 1. The van der Waals surface area contributed by atoms with E-state index in [4.69, 9.17) is 15.2 Å². The molecule has 0 spiro atoms. The van der Waals surface area contributed by atoms with Crippen LogP contribution in [0.3, 0.4) is 0 Å². The highest BCUT2D eigenvalue weighted by atomic mass is 32.1. The molecule has 7 heteroatoms. The van der Waals surface area contributed by atoms with Crippen molar-refractivity contribution in [2.24, 2.45) is 0 Å². The molecule has 0 atom stereocenters. The molecule has 1 saturated heterocycles. The predicted molar refractivity (Wildman–Crippen MR) is 53.4 cm³/mol. The van der Waals surface area contributed by atoms with Crippen molar-refractivity contribution in [3.8, 4) is 0 Å². The van der Waals surface area contributed by atoms with Crippen LogP contribution in [0.15, 0.2) is 0 Å². The molecule has 1 aliphatic rings. The lowest BCUT2D eigenvalue weighted by molar-refractivity contribution is 0.103. The normalized spacial score (nSPS) is 19.1. The standard InChI is InChI=1S/C7H12N4O2S/c8-6-10-7(14-11-6)9-5-3-12-1-2-13-4-5/h5H,1-4H2,(H3,8,9,10,11). The first-order valence-electron chi connectivity index (χ1n) is 4.36. The molecule has 1 aromatic heterocycles. The fourth-order valence-corrected chi connectivity index (χ4v) is 1.74. The van der Waals surface area contributed by atoms with Gasteiger partial charge in [0.1, 0.15) is 0 Å². The fraction of sp³-hybridized carbons (Fsp3) is 0.714. The summed E-state index contributed by atoms with van der Waals surface area (Å²) in [5.41, 5.74) is 5.40. The zero-order valence-corrected chi connectivity index (χ0v) is 8.42. The summed E-state index contributed by atoms with van der Waals surface area (Å²) < 4.78 is 14.5. The van der Waals surface area contributed by atoms with Crippen LogP contribution in [0.1, 0.15) is 0 Å². The van der Waals surface area contributed by atoms with Crippen LogP contribution in [0.4, 0.5) is 11.1 Å². The second-order valence-electron chi connectivity index (χ2n) is 2.95. The highest BCUT2D eigenvalue weighted by molar-refractivity contribution is 7.09. The molecular weight excluding hydrogens is 204 g/mol. The first-order valence-corrected chi connectivity index (χ1v) is 5.13. The Hall–Kier alpha value is -0.920. The average molecular weight is 216 g/mol. The Morgan fingerprint density at radius 2 is 2.07 bits per heavy atom. The Bertz CT molecular complexity index is 285. The second kappa shape index (κ2) is 4.54. The Balaban J connectivity index is 1.89. The van der Waals surface area contributed by atoms with Crippen molar-refractivity contribution in [3.63, 3.8) is 0 Å². The maximum absolute atomic E-state index is 5.40. The summed E-state index contributed by atoms with van der Waals surface area (Å²) in [4.78, 5) is 4.00. The lowest BCUT2D eigenvalue weighted by Crippen LogP contribution is -2.28. The number of nitrogen functional groups attached to an aromatic ring is 1. The van der Waals surface area contributed by atoms with E-state index in [1.165, 1.54) is 11.5 Å². The molecule has 1 aromatic rings. The molecule has 1 aliphatic heterocycles. The number of hydrogen-bond acceptors (Lipinski definition) is 7. The molecule has 78 valence electrons. The van der Waals surface area contributed by atoms with Crippen molar-refractivity contribution in [1.82, 2.24) is 9.36 Å². The number of anilines is 2. The number of aromatic nitrogens is 2. The van der Waals surface area contributed by atoms with Crippen LogP contribution < -0.4 is 11.1 Å². The molecular formula is C7H12N4O2S. The Kier molecular flexibility index (Phi) is 3.12. The molecule has 2 rings (SSSR count). The lowest BCUT2D eigenvalue weighted by atomic mass is 10.3. The number of ether oxygens (including phenoxy) is 2. The minimum atomic E-state index is 0.129. The third-order valence-electron chi connectivity index (χ3n) is 1.78. The first-order chi connectivity index (χ1) is 6.84. The first kappa shape index (κ1) is 9.63. The topological polar surface area (TPSA) is 82.3 Å². The SMILES string of the molecule is Nc1nsc(NC2COCCOC2)n1. The van der Waals surface area contributed by atoms with E-state index in [1.807, 2.05) is 0 Å². The third kappa shape index (κ3) is 2.53. The van der Waals surface area contributed by atoms with Crippen molar-refractivity contribution in [1.29, 1.82) is 0 Å². The van der Waals surface area contributed by atoms with Gasteiger partial charge in [-0.15, -0.1) is 0 Å². The second-order valence-corrected chi connectivity index (χ2v) is 3.70. The average Bonchev–Trinajstić information content (AvgIpc) is 2.43. The fourth-order valence-electron chi connectivity index (χ4n) is 1.17. The minimum absolute atomic E-state index is 0.129. The highest BCUT2D eigenvalue weighted by Crippen LogP contribution is 2.13. The smallest absolute Gasteiger partial charge is 0.233 e. The van der Waals surface area contributed by atoms with Gasteiger partial charge >= 0.3 is 0 Å². The molecule has 0 aliphatic carbocycles. The van der Waals surface area contributed by atoms with Crippen molar-refractivity contribution >= 4 is 22.6 Å². The van der Waals surface area contributed by atoms with Gasteiger partial charge in [-0.05, 0) is 0 Å². The van der Waals surface area contributed by atoms with Gasteiger partial charge in [-0.1, -0.05) is 0 Å². The highest BCUT2D eigenvalue weighted by Gasteiger charge is 2.14. The Morgan fingerprint density at radius 3 is 2.64 bits per heavy atom. The van der Waals surface area contributed by atoms with Crippen molar-refractivity contribution in [3.05, 3.63) is 0 Å². The Morgan fingerprint density at radius 1 is 1.36 bits per heavy atom. The van der Waals surface area contributed by atoms with Gasteiger partial charge in [0, 0.05) is 11.5 Å². The molecule has 0 amide bonds. The molecule has 3 N–H and O–H groups in total. The van der Waals surface area contributed by atoms with Crippen LogP contribution in [0.5, 0.6) is 0 Å². The summed E-state index contributed by atoms with van der Waals surface area (Å²) >= 11 is 1.24. The van der Waals surface area contributed by atoms with Gasteiger partial charge in [0.2, 0.25) is 11.1 Å². The van der Waals surface area contributed by atoms with Gasteiger partial charge in [0.05, 0.1) is 32.5 Å². The summed E-state index contributed by atoms with van der Waals surface area (Å²) in [6.07, 6.45) is 0. The van der Waals surface area contributed by atoms with E-state index in [9.17, 15) is 0 Å². The van der Waals surface area contributed by atoms with Gasteiger partial charge in [-0.25, -0.2) is 0 Å².